The smallest absolute Gasteiger partial charge is 0.237 e. The molecule has 0 aliphatic carbocycles. The number of nitrogens with one attached hydrogen (secondary N) is 1. The Morgan fingerprint density at radius 3 is 2.63 bits per heavy atom. The fraction of sp³-hybridized carbons (Fsp3) is 0.500. The summed E-state index contributed by atoms with van der Waals surface area (Å²) in [5, 5.41) is 2.68. The second-order valence-electron chi connectivity index (χ2n) is 4.52. The second-order valence-corrected chi connectivity index (χ2v) is 4.52. The summed E-state index contributed by atoms with van der Waals surface area (Å²) in [6.45, 7) is 0.339. The number of carbonyl (C=O) groups excluding carboxylic acids is 2. The van der Waals surface area contributed by atoms with Gasteiger partial charge in [-0.15, -0.1) is 0 Å². The zero-order chi connectivity index (χ0) is 14.4. The van der Waals surface area contributed by atoms with Gasteiger partial charge >= 0.3 is 0 Å². The number of nitrogens with zero attached hydrogens (tertiary/aromatic N) is 1. The van der Waals surface area contributed by atoms with E-state index in [4.69, 9.17) is 15.9 Å². The molecule has 0 aromatic carbocycles. The summed E-state index contributed by atoms with van der Waals surface area (Å²) in [5.74, 6) is -0.260. The SMILES string of the molecule is CN(C)C(CNC(=O)C(N)CC(N)=O)c1ccco1. The fourth-order valence-electron chi connectivity index (χ4n) is 1.66. The van der Waals surface area contributed by atoms with Crippen LogP contribution in [0.3, 0.4) is 0 Å². The number of hydrogen-bond acceptors (Lipinski definition) is 5. The summed E-state index contributed by atoms with van der Waals surface area (Å²) < 4.78 is 5.32. The maximum Gasteiger partial charge on any atom is 0.237 e. The molecule has 2 amide bonds. The standard InChI is InChI=1S/C12H20N4O3/c1-16(2)9(10-4-3-5-19-10)7-15-12(18)8(13)6-11(14)17/h3-5,8-9H,6-7,13H2,1-2H3,(H2,14,17)(H,15,18). The molecule has 0 saturated carbocycles. The van der Waals surface area contributed by atoms with Crippen molar-refractivity contribution in [3.63, 3.8) is 0 Å². The molecule has 1 rings (SSSR count). The van der Waals surface area contributed by atoms with Gasteiger partial charge in [0.25, 0.3) is 0 Å². The van der Waals surface area contributed by atoms with E-state index in [0.29, 0.717) is 6.54 Å². The number of carbonyl (C=O) groups is 2. The fourth-order valence-corrected chi connectivity index (χ4v) is 1.66. The first kappa shape index (κ1) is 15.2. The van der Waals surface area contributed by atoms with Crippen molar-refractivity contribution in [2.24, 2.45) is 11.5 Å². The van der Waals surface area contributed by atoms with Crippen LogP contribution in [0.25, 0.3) is 0 Å². The van der Waals surface area contributed by atoms with Crippen molar-refractivity contribution in [3.05, 3.63) is 24.2 Å². The van der Waals surface area contributed by atoms with Gasteiger partial charge in [0.05, 0.1) is 24.8 Å². The van der Waals surface area contributed by atoms with E-state index in [1.54, 1.807) is 12.3 Å². The van der Waals surface area contributed by atoms with Gasteiger partial charge in [-0.25, -0.2) is 0 Å². The lowest BCUT2D eigenvalue weighted by Crippen LogP contribution is -2.45. The Hall–Kier alpha value is -1.86. The maximum atomic E-state index is 11.7. The number of likely N-dealkylation sites (N-methyl/N-ethyl adjacent to an activating group) is 1. The highest BCUT2D eigenvalue weighted by atomic mass is 16.3. The molecule has 0 bridgehead atoms. The summed E-state index contributed by atoms with van der Waals surface area (Å²) in [6.07, 6.45) is 1.41. The number of nitrogens with two attached hydrogens (primary N) is 2. The van der Waals surface area contributed by atoms with E-state index in [-0.39, 0.29) is 12.5 Å². The van der Waals surface area contributed by atoms with Gasteiger partial charge in [-0.2, -0.15) is 0 Å². The van der Waals surface area contributed by atoms with Gasteiger partial charge < -0.3 is 21.2 Å². The third-order valence-corrected chi connectivity index (χ3v) is 2.72. The molecule has 7 heteroatoms. The molecule has 0 spiro atoms. The number of amides is 2. The molecule has 1 aromatic heterocycles. The molecule has 1 aromatic rings. The lowest BCUT2D eigenvalue weighted by atomic mass is 10.1. The maximum absolute atomic E-state index is 11.7. The normalized spacial score (nSPS) is 14.1. The van der Waals surface area contributed by atoms with Crippen LogP contribution in [0.1, 0.15) is 18.2 Å². The minimum Gasteiger partial charge on any atom is -0.468 e. The lowest BCUT2D eigenvalue weighted by molar-refractivity contribution is -0.126. The second kappa shape index (κ2) is 6.91. The van der Waals surface area contributed by atoms with E-state index in [1.807, 2.05) is 25.1 Å². The molecule has 1 heterocycles. The zero-order valence-corrected chi connectivity index (χ0v) is 11.1. The first-order chi connectivity index (χ1) is 8.91. The Balaban J connectivity index is 2.53. The van der Waals surface area contributed by atoms with Gasteiger partial charge in [0.2, 0.25) is 11.8 Å². The quantitative estimate of drug-likeness (QED) is 0.599. The van der Waals surface area contributed by atoms with Crippen LogP contribution >= 0.6 is 0 Å². The van der Waals surface area contributed by atoms with Crippen molar-refractivity contribution in [1.29, 1.82) is 0 Å². The highest BCUT2D eigenvalue weighted by molar-refractivity contribution is 5.87. The average molecular weight is 268 g/mol. The molecule has 0 radical (unpaired) electrons. The van der Waals surface area contributed by atoms with Crippen LogP contribution in [-0.2, 0) is 9.59 Å². The predicted octanol–water partition coefficient (Wildman–Crippen LogP) is -0.799. The molecule has 0 fully saturated rings. The van der Waals surface area contributed by atoms with E-state index in [1.165, 1.54) is 0 Å². The highest BCUT2D eigenvalue weighted by Crippen LogP contribution is 2.17. The minimum absolute atomic E-state index is 0.0975. The topological polar surface area (TPSA) is 115 Å². The zero-order valence-electron chi connectivity index (χ0n) is 11.1. The van der Waals surface area contributed by atoms with Gasteiger partial charge in [0.1, 0.15) is 5.76 Å². The Labute approximate surface area is 111 Å². The van der Waals surface area contributed by atoms with Crippen molar-refractivity contribution in [2.45, 2.75) is 18.5 Å². The van der Waals surface area contributed by atoms with Crippen LogP contribution < -0.4 is 16.8 Å². The molecule has 2 unspecified atom stereocenters. The van der Waals surface area contributed by atoms with E-state index in [2.05, 4.69) is 5.32 Å². The molecular formula is C12H20N4O3. The largest absolute Gasteiger partial charge is 0.468 e. The highest BCUT2D eigenvalue weighted by Gasteiger charge is 2.20. The first-order valence-electron chi connectivity index (χ1n) is 5.93. The van der Waals surface area contributed by atoms with Gasteiger partial charge in [0, 0.05) is 6.54 Å². The van der Waals surface area contributed by atoms with Crippen molar-refractivity contribution < 1.29 is 14.0 Å². The van der Waals surface area contributed by atoms with Crippen LogP contribution in [0.5, 0.6) is 0 Å². The average Bonchev–Trinajstić information content (AvgIpc) is 2.81. The number of furan rings is 1. The molecule has 106 valence electrons. The minimum atomic E-state index is -0.920. The summed E-state index contributed by atoms with van der Waals surface area (Å²) >= 11 is 0. The first-order valence-corrected chi connectivity index (χ1v) is 5.93. The Bertz CT molecular complexity index is 417. The lowest BCUT2D eigenvalue weighted by Gasteiger charge is -2.23. The van der Waals surface area contributed by atoms with Crippen LogP contribution in [0.2, 0.25) is 0 Å². The van der Waals surface area contributed by atoms with E-state index in [9.17, 15) is 9.59 Å². The van der Waals surface area contributed by atoms with Gasteiger partial charge in [-0.1, -0.05) is 0 Å². The predicted molar refractivity (Wildman–Crippen MR) is 69.9 cm³/mol. The van der Waals surface area contributed by atoms with Crippen molar-refractivity contribution in [3.8, 4) is 0 Å². The third kappa shape index (κ3) is 4.72. The third-order valence-electron chi connectivity index (χ3n) is 2.72. The number of hydrogen-bond donors (Lipinski definition) is 3. The summed E-state index contributed by atoms with van der Waals surface area (Å²) in [6, 6.07) is 2.60. The molecule has 2 atom stereocenters. The molecule has 19 heavy (non-hydrogen) atoms. The van der Waals surface area contributed by atoms with Crippen molar-refractivity contribution in [2.75, 3.05) is 20.6 Å². The Morgan fingerprint density at radius 2 is 2.16 bits per heavy atom. The van der Waals surface area contributed by atoms with Crippen LogP contribution in [-0.4, -0.2) is 43.4 Å². The Kier molecular flexibility index (Phi) is 5.53. The van der Waals surface area contributed by atoms with Gasteiger partial charge in [0.15, 0.2) is 0 Å². The molecule has 5 N–H and O–H groups in total. The molecule has 0 aliphatic heterocycles. The van der Waals surface area contributed by atoms with Crippen LogP contribution in [0.4, 0.5) is 0 Å². The van der Waals surface area contributed by atoms with Gasteiger partial charge in [-0.3, -0.25) is 14.5 Å². The number of rotatable bonds is 7. The van der Waals surface area contributed by atoms with E-state index >= 15 is 0 Å². The summed E-state index contributed by atoms with van der Waals surface area (Å²) in [5.41, 5.74) is 10.5. The van der Waals surface area contributed by atoms with Gasteiger partial charge in [-0.05, 0) is 26.2 Å². The molecule has 0 saturated heterocycles. The van der Waals surface area contributed by atoms with Crippen LogP contribution in [0, 0.1) is 0 Å². The molecule has 0 aliphatic rings. The van der Waals surface area contributed by atoms with E-state index in [0.717, 1.165) is 5.76 Å². The monoisotopic (exact) mass is 268 g/mol. The molecule has 7 nitrogen and oxygen atoms in total. The van der Waals surface area contributed by atoms with Crippen LogP contribution in [0.15, 0.2) is 22.8 Å². The molecular weight excluding hydrogens is 248 g/mol. The van der Waals surface area contributed by atoms with E-state index < -0.39 is 17.9 Å². The number of primary amides is 1. The summed E-state index contributed by atoms with van der Waals surface area (Å²) in [4.78, 5) is 24.3. The van der Waals surface area contributed by atoms with Crippen molar-refractivity contribution >= 4 is 11.8 Å². The Morgan fingerprint density at radius 1 is 1.47 bits per heavy atom. The van der Waals surface area contributed by atoms with Crippen molar-refractivity contribution in [1.82, 2.24) is 10.2 Å². The summed E-state index contributed by atoms with van der Waals surface area (Å²) in [7, 11) is 3.76.